The summed E-state index contributed by atoms with van der Waals surface area (Å²) < 4.78 is 12.0. The third-order valence-electron chi connectivity index (χ3n) is 6.86. The van der Waals surface area contributed by atoms with Crippen molar-refractivity contribution in [2.24, 2.45) is 17.8 Å². The normalized spacial score (nSPS) is 29.9. The second-order valence-corrected chi connectivity index (χ2v) is 9.25. The lowest BCUT2D eigenvalue weighted by molar-refractivity contribution is -0.142. The predicted octanol–water partition coefficient (Wildman–Crippen LogP) is 4.20. The molecule has 0 spiro atoms. The first-order chi connectivity index (χ1) is 15.5. The number of aliphatic hydroxyl groups is 2. The molecule has 2 fully saturated rings. The summed E-state index contributed by atoms with van der Waals surface area (Å²) in [4.78, 5) is 11.4. The van der Waals surface area contributed by atoms with E-state index in [9.17, 15) is 20.1 Å². The van der Waals surface area contributed by atoms with Gasteiger partial charge in [-0.25, -0.2) is 0 Å². The van der Waals surface area contributed by atoms with Gasteiger partial charge in [-0.15, -0.1) is 0 Å². The number of ether oxygens (including phenoxy) is 2. The van der Waals surface area contributed by atoms with E-state index >= 15 is 0 Å². The summed E-state index contributed by atoms with van der Waals surface area (Å²) in [6.07, 6.45) is 8.95. The van der Waals surface area contributed by atoms with Crippen molar-refractivity contribution in [3.8, 4) is 5.75 Å². The molecule has 1 aliphatic carbocycles. The molecule has 3 rings (SSSR count). The van der Waals surface area contributed by atoms with Gasteiger partial charge in [0.05, 0.1) is 24.2 Å². The highest BCUT2D eigenvalue weighted by atomic mass is 16.5. The Kier molecular flexibility index (Phi) is 9.57. The van der Waals surface area contributed by atoms with Crippen molar-refractivity contribution in [3.05, 3.63) is 42.5 Å². The van der Waals surface area contributed by atoms with E-state index in [2.05, 4.69) is 0 Å². The summed E-state index contributed by atoms with van der Waals surface area (Å²) >= 11 is 0. The van der Waals surface area contributed by atoms with Gasteiger partial charge in [0.15, 0.2) is 0 Å². The molecule has 1 aromatic carbocycles. The number of rotatable bonds is 11. The Morgan fingerprint density at radius 2 is 2.03 bits per heavy atom. The molecule has 3 N–H and O–H groups in total. The summed E-state index contributed by atoms with van der Waals surface area (Å²) in [5.41, 5.74) is 0. The Bertz CT molecular complexity index is 720. The van der Waals surface area contributed by atoms with Crippen LogP contribution < -0.4 is 4.74 Å². The van der Waals surface area contributed by atoms with Crippen LogP contribution in [0.25, 0.3) is 0 Å². The van der Waals surface area contributed by atoms with E-state index in [1.165, 1.54) is 0 Å². The van der Waals surface area contributed by atoms with Crippen molar-refractivity contribution in [2.45, 2.75) is 82.7 Å². The largest absolute Gasteiger partial charge is 0.491 e. The second-order valence-electron chi connectivity index (χ2n) is 9.25. The van der Waals surface area contributed by atoms with Gasteiger partial charge in [-0.1, -0.05) is 50.1 Å². The van der Waals surface area contributed by atoms with Crippen molar-refractivity contribution in [1.29, 1.82) is 0 Å². The van der Waals surface area contributed by atoms with Crippen LogP contribution in [0.15, 0.2) is 42.5 Å². The molecule has 1 saturated carbocycles. The molecule has 0 amide bonds. The topological polar surface area (TPSA) is 96.2 Å². The fourth-order valence-electron chi connectivity index (χ4n) is 5.16. The lowest BCUT2D eigenvalue weighted by Crippen LogP contribution is -2.25. The first kappa shape index (κ1) is 24.7. The monoisotopic (exact) mass is 446 g/mol. The molecule has 1 heterocycles. The van der Waals surface area contributed by atoms with Crippen LogP contribution >= 0.6 is 0 Å². The number of aliphatic hydroxyl groups excluding tert-OH is 2. The Hall–Kier alpha value is -1.89. The van der Waals surface area contributed by atoms with Gasteiger partial charge in [-0.05, 0) is 50.2 Å². The standard InChI is InChI=1S/C26H38O6/c1-2-7-18(26(29)30)12-14-21-10-6-11-23-22(24(28)16-25(23)32-21)15-13-19(27)17-31-20-8-4-3-5-9-20/h3-5,8-9,13,15,18-19,21-25,27-28H,2,6-7,10-12,14,16-17H2,1H3,(H,29,30)/b15-13+/t18?,19-,21-,22-,23-,24-,25+/m1/s1. The lowest BCUT2D eigenvalue weighted by atomic mass is 9.88. The SMILES string of the molecule is CCCC(CC[C@H]1CCC[C@@H]2[C@@H](/C=C/[C@@H](O)COc3ccccc3)[C@H](O)C[C@@H]2O1)C(=O)O. The molecular formula is C26H38O6. The van der Waals surface area contributed by atoms with Gasteiger partial charge in [0.1, 0.15) is 18.5 Å². The minimum atomic E-state index is -0.743. The third kappa shape index (κ3) is 7.06. The van der Waals surface area contributed by atoms with Crippen molar-refractivity contribution in [3.63, 3.8) is 0 Å². The van der Waals surface area contributed by atoms with Crippen molar-refractivity contribution >= 4 is 5.97 Å². The quantitative estimate of drug-likeness (QED) is 0.441. The van der Waals surface area contributed by atoms with Crippen molar-refractivity contribution < 1.29 is 29.6 Å². The minimum absolute atomic E-state index is 0.0145. The number of carboxylic acids is 1. The van der Waals surface area contributed by atoms with Crippen LogP contribution in [0.2, 0.25) is 0 Å². The lowest BCUT2D eigenvalue weighted by Gasteiger charge is -2.24. The van der Waals surface area contributed by atoms with Gasteiger partial charge < -0.3 is 24.8 Å². The van der Waals surface area contributed by atoms with E-state index in [4.69, 9.17) is 9.47 Å². The third-order valence-corrected chi connectivity index (χ3v) is 6.86. The van der Waals surface area contributed by atoms with Crippen LogP contribution in [0, 0.1) is 17.8 Å². The number of aliphatic carboxylic acids is 1. The Labute approximate surface area is 191 Å². The summed E-state index contributed by atoms with van der Waals surface area (Å²) in [6, 6.07) is 9.38. The van der Waals surface area contributed by atoms with Crippen LogP contribution in [0.4, 0.5) is 0 Å². The zero-order chi connectivity index (χ0) is 22.9. The number of para-hydroxylation sites is 1. The second kappa shape index (κ2) is 12.4. The van der Waals surface area contributed by atoms with Crippen LogP contribution in [-0.2, 0) is 9.53 Å². The van der Waals surface area contributed by atoms with Gasteiger partial charge in [0.25, 0.3) is 0 Å². The molecule has 6 heteroatoms. The van der Waals surface area contributed by atoms with E-state index in [1.54, 1.807) is 6.08 Å². The van der Waals surface area contributed by atoms with E-state index in [0.29, 0.717) is 25.0 Å². The number of fused-ring (bicyclic) bond motifs is 1. The van der Waals surface area contributed by atoms with E-state index in [-0.39, 0.29) is 36.6 Å². The van der Waals surface area contributed by atoms with E-state index < -0.39 is 18.2 Å². The number of hydrogen-bond acceptors (Lipinski definition) is 5. The van der Waals surface area contributed by atoms with Gasteiger partial charge in [-0.3, -0.25) is 4.79 Å². The minimum Gasteiger partial charge on any atom is -0.491 e. The van der Waals surface area contributed by atoms with Crippen LogP contribution in [0.5, 0.6) is 5.75 Å². The molecule has 1 aliphatic heterocycles. The van der Waals surface area contributed by atoms with Crippen LogP contribution in [0.1, 0.15) is 58.3 Å². The Balaban J connectivity index is 1.50. The van der Waals surface area contributed by atoms with Crippen LogP contribution in [-0.4, -0.2) is 52.3 Å². The summed E-state index contributed by atoms with van der Waals surface area (Å²) in [5.74, 6) is -0.119. The number of benzene rings is 1. The molecule has 0 aromatic heterocycles. The number of carboxylic acid groups (broad SMARTS) is 1. The van der Waals surface area contributed by atoms with Gasteiger partial charge in [0, 0.05) is 12.3 Å². The average Bonchev–Trinajstić information content (AvgIpc) is 2.93. The molecule has 0 bridgehead atoms. The molecular weight excluding hydrogens is 408 g/mol. The van der Waals surface area contributed by atoms with Crippen LogP contribution in [0.3, 0.4) is 0 Å². The fourth-order valence-corrected chi connectivity index (χ4v) is 5.16. The highest BCUT2D eigenvalue weighted by Gasteiger charge is 2.43. The summed E-state index contributed by atoms with van der Waals surface area (Å²) in [6.45, 7) is 2.18. The molecule has 178 valence electrons. The molecule has 1 saturated heterocycles. The number of carbonyl (C=O) groups is 1. The highest BCUT2D eigenvalue weighted by molar-refractivity contribution is 5.69. The van der Waals surface area contributed by atoms with E-state index in [1.807, 2.05) is 43.3 Å². The van der Waals surface area contributed by atoms with Crippen molar-refractivity contribution in [1.82, 2.24) is 0 Å². The highest BCUT2D eigenvalue weighted by Crippen LogP contribution is 2.42. The molecule has 6 nitrogen and oxygen atoms in total. The zero-order valence-electron chi connectivity index (χ0n) is 19.0. The van der Waals surface area contributed by atoms with Gasteiger partial charge in [-0.2, -0.15) is 0 Å². The van der Waals surface area contributed by atoms with Gasteiger partial charge in [0.2, 0.25) is 0 Å². The van der Waals surface area contributed by atoms with E-state index in [0.717, 1.165) is 32.1 Å². The maximum atomic E-state index is 11.4. The number of hydrogen-bond donors (Lipinski definition) is 3. The smallest absolute Gasteiger partial charge is 0.306 e. The molecule has 1 aromatic rings. The summed E-state index contributed by atoms with van der Waals surface area (Å²) in [5, 5.41) is 30.4. The van der Waals surface area contributed by atoms with Crippen molar-refractivity contribution in [2.75, 3.05) is 6.61 Å². The molecule has 32 heavy (non-hydrogen) atoms. The predicted molar refractivity (Wildman–Crippen MR) is 122 cm³/mol. The Morgan fingerprint density at radius 3 is 2.75 bits per heavy atom. The summed E-state index contributed by atoms with van der Waals surface area (Å²) in [7, 11) is 0. The first-order valence-electron chi connectivity index (χ1n) is 12.1. The fraction of sp³-hybridized carbons (Fsp3) is 0.654. The zero-order valence-corrected chi connectivity index (χ0v) is 19.0. The molecule has 1 unspecified atom stereocenters. The first-order valence-corrected chi connectivity index (χ1v) is 12.1. The maximum absolute atomic E-state index is 11.4. The molecule has 0 radical (unpaired) electrons. The molecule has 7 atom stereocenters. The maximum Gasteiger partial charge on any atom is 0.306 e. The molecule has 2 aliphatic rings. The van der Waals surface area contributed by atoms with Gasteiger partial charge >= 0.3 is 5.97 Å². The average molecular weight is 447 g/mol. The Morgan fingerprint density at radius 1 is 1.25 bits per heavy atom.